The molecule has 0 spiro atoms. The molecule has 1 aromatic heterocycles. The summed E-state index contributed by atoms with van der Waals surface area (Å²) in [6.07, 6.45) is 1.35. The molecule has 0 aliphatic rings. The number of halogens is 1. The van der Waals surface area contributed by atoms with E-state index in [-0.39, 0.29) is 5.91 Å². The Morgan fingerprint density at radius 3 is 2.38 bits per heavy atom. The highest BCUT2D eigenvalue weighted by atomic mass is 35.5. The fourth-order valence-corrected chi connectivity index (χ4v) is 5.68. The third-order valence-electron chi connectivity index (χ3n) is 5.61. The molecule has 1 amide bonds. The van der Waals surface area contributed by atoms with E-state index in [0.717, 1.165) is 53.0 Å². The summed E-state index contributed by atoms with van der Waals surface area (Å²) in [6, 6.07) is 12.1. The Hall–Kier alpha value is -1.60. The number of hydrogen-bond donors (Lipinski definition) is 0. The number of likely N-dealkylation sites (N-methyl/N-ethyl adjacent to an activating group) is 1. The van der Waals surface area contributed by atoms with E-state index in [4.69, 9.17) is 16.6 Å². The lowest BCUT2D eigenvalue weighted by Gasteiger charge is -2.24. The van der Waals surface area contributed by atoms with Crippen LogP contribution in [0.15, 0.2) is 41.3 Å². The Morgan fingerprint density at radius 1 is 1.03 bits per heavy atom. The van der Waals surface area contributed by atoms with Crippen molar-refractivity contribution in [2.75, 3.05) is 36.8 Å². The van der Waals surface area contributed by atoms with Gasteiger partial charge < -0.3 is 4.90 Å². The summed E-state index contributed by atoms with van der Waals surface area (Å²) in [5.74, 6) is 1.05. The van der Waals surface area contributed by atoms with Crippen molar-refractivity contribution in [1.82, 2.24) is 9.88 Å². The number of anilines is 1. The number of fused-ring (bicyclic) bond motifs is 1. The van der Waals surface area contributed by atoms with Crippen molar-refractivity contribution in [3.05, 3.63) is 52.5 Å². The number of nitrogens with zero attached hydrogens (tertiary/aromatic N) is 3. The zero-order valence-corrected chi connectivity index (χ0v) is 21.7. The maximum atomic E-state index is 13.3. The largest absolute Gasteiger partial charge is 0.302 e. The maximum absolute atomic E-state index is 13.3. The molecular formula is C25H32ClN3OS2. The smallest absolute Gasteiger partial charge is 0.228 e. The van der Waals surface area contributed by atoms with Crippen molar-refractivity contribution in [3.63, 3.8) is 0 Å². The quantitative estimate of drug-likeness (QED) is 0.219. The van der Waals surface area contributed by atoms with E-state index >= 15 is 0 Å². The molecule has 3 rings (SSSR count). The first-order valence-corrected chi connectivity index (χ1v) is 13.4. The number of carbonyl (C=O) groups excluding carboxylic acids is 1. The Balaban J connectivity index is 1.70. The molecule has 32 heavy (non-hydrogen) atoms. The fraction of sp³-hybridized carbons (Fsp3) is 0.440. The Kier molecular flexibility index (Phi) is 9.41. The van der Waals surface area contributed by atoms with Gasteiger partial charge in [-0.05, 0) is 74.5 Å². The molecule has 2 aromatic carbocycles. The van der Waals surface area contributed by atoms with Gasteiger partial charge in [-0.3, -0.25) is 9.69 Å². The van der Waals surface area contributed by atoms with E-state index in [1.807, 2.05) is 29.2 Å². The predicted octanol–water partition coefficient (Wildman–Crippen LogP) is 6.81. The molecule has 0 radical (unpaired) electrons. The standard InChI is InChI=1S/C25H32ClN3OS2/c1-5-28(6-2)15-16-29(25-27-23-18(3)9-10-19(4)24(23)32-25)22(30)8-7-17-31-21-13-11-20(26)12-14-21/h9-14H,5-8,15-17H2,1-4H3. The van der Waals surface area contributed by atoms with E-state index in [1.54, 1.807) is 23.1 Å². The second-order valence-corrected chi connectivity index (χ2v) is 10.4. The highest BCUT2D eigenvalue weighted by Gasteiger charge is 2.21. The molecule has 172 valence electrons. The molecule has 0 saturated heterocycles. The minimum Gasteiger partial charge on any atom is -0.302 e. The van der Waals surface area contributed by atoms with Crippen LogP contribution in [0.25, 0.3) is 10.2 Å². The van der Waals surface area contributed by atoms with Crippen LogP contribution in [0.5, 0.6) is 0 Å². The van der Waals surface area contributed by atoms with Crippen LogP contribution in [-0.4, -0.2) is 47.7 Å². The van der Waals surface area contributed by atoms with Crippen LogP contribution >= 0.6 is 34.7 Å². The van der Waals surface area contributed by atoms with Crippen LogP contribution in [0.3, 0.4) is 0 Å². The third kappa shape index (κ3) is 6.47. The molecule has 7 heteroatoms. The van der Waals surface area contributed by atoms with Gasteiger partial charge in [0, 0.05) is 29.4 Å². The molecule has 0 fully saturated rings. The number of benzene rings is 2. The molecule has 0 bridgehead atoms. The van der Waals surface area contributed by atoms with E-state index in [2.05, 4.69) is 44.7 Å². The van der Waals surface area contributed by atoms with Crippen LogP contribution in [0.1, 0.15) is 37.8 Å². The summed E-state index contributed by atoms with van der Waals surface area (Å²) < 4.78 is 1.18. The van der Waals surface area contributed by atoms with Crippen molar-refractivity contribution in [3.8, 4) is 0 Å². The highest BCUT2D eigenvalue weighted by molar-refractivity contribution is 7.99. The van der Waals surface area contributed by atoms with Gasteiger partial charge in [0.15, 0.2) is 5.13 Å². The minimum absolute atomic E-state index is 0.156. The third-order valence-corrected chi connectivity index (χ3v) is 8.18. The van der Waals surface area contributed by atoms with Gasteiger partial charge in [-0.1, -0.05) is 48.9 Å². The van der Waals surface area contributed by atoms with Crippen LogP contribution in [0.2, 0.25) is 5.02 Å². The van der Waals surface area contributed by atoms with E-state index in [1.165, 1.54) is 15.2 Å². The average Bonchev–Trinajstić information content (AvgIpc) is 3.24. The lowest BCUT2D eigenvalue weighted by Crippen LogP contribution is -2.38. The van der Waals surface area contributed by atoms with Crippen molar-refractivity contribution >= 4 is 56.0 Å². The lowest BCUT2D eigenvalue weighted by atomic mass is 10.1. The first-order valence-electron chi connectivity index (χ1n) is 11.2. The van der Waals surface area contributed by atoms with Crippen molar-refractivity contribution in [2.24, 2.45) is 0 Å². The topological polar surface area (TPSA) is 36.4 Å². The average molecular weight is 490 g/mol. The molecule has 0 N–H and O–H groups in total. The zero-order chi connectivity index (χ0) is 23.1. The summed E-state index contributed by atoms with van der Waals surface area (Å²) in [6.45, 7) is 12.0. The summed E-state index contributed by atoms with van der Waals surface area (Å²) in [4.78, 5) is 23.6. The number of rotatable bonds is 11. The van der Waals surface area contributed by atoms with Gasteiger partial charge >= 0.3 is 0 Å². The zero-order valence-electron chi connectivity index (χ0n) is 19.4. The number of thioether (sulfide) groups is 1. The normalized spacial score (nSPS) is 11.4. The van der Waals surface area contributed by atoms with Crippen LogP contribution in [0, 0.1) is 13.8 Å². The van der Waals surface area contributed by atoms with Gasteiger partial charge in [-0.2, -0.15) is 0 Å². The predicted molar refractivity (Wildman–Crippen MR) is 141 cm³/mol. The molecule has 3 aromatic rings. The molecule has 1 heterocycles. The summed E-state index contributed by atoms with van der Waals surface area (Å²) in [7, 11) is 0. The summed E-state index contributed by atoms with van der Waals surface area (Å²) >= 11 is 9.36. The second-order valence-electron chi connectivity index (χ2n) is 7.85. The Morgan fingerprint density at radius 2 is 1.72 bits per heavy atom. The van der Waals surface area contributed by atoms with Gasteiger partial charge in [-0.15, -0.1) is 11.8 Å². The Labute approximate surface area is 205 Å². The fourth-order valence-electron chi connectivity index (χ4n) is 3.55. The molecule has 0 aliphatic heterocycles. The van der Waals surface area contributed by atoms with Crippen LogP contribution < -0.4 is 4.90 Å². The van der Waals surface area contributed by atoms with Crippen molar-refractivity contribution < 1.29 is 4.79 Å². The molecule has 0 atom stereocenters. The number of hydrogen-bond acceptors (Lipinski definition) is 5. The minimum atomic E-state index is 0.156. The van der Waals surface area contributed by atoms with E-state index in [0.29, 0.717) is 13.0 Å². The first-order chi connectivity index (χ1) is 15.4. The van der Waals surface area contributed by atoms with Gasteiger partial charge in [0.1, 0.15) is 0 Å². The van der Waals surface area contributed by atoms with Crippen molar-refractivity contribution in [2.45, 2.75) is 45.4 Å². The SMILES string of the molecule is CCN(CC)CCN(C(=O)CCCSc1ccc(Cl)cc1)c1nc2c(C)ccc(C)c2s1. The lowest BCUT2D eigenvalue weighted by molar-refractivity contribution is -0.118. The number of aromatic nitrogens is 1. The van der Waals surface area contributed by atoms with Gasteiger partial charge in [0.05, 0.1) is 10.2 Å². The number of amides is 1. The molecule has 4 nitrogen and oxygen atoms in total. The van der Waals surface area contributed by atoms with Crippen molar-refractivity contribution in [1.29, 1.82) is 0 Å². The first kappa shape index (κ1) is 25.0. The number of thiazole rings is 1. The summed E-state index contributed by atoms with van der Waals surface area (Å²) in [5, 5.41) is 1.56. The van der Waals surface area contributed by atoms with Gasteiger partial charge in [0.25, 0.3) is 0 Å². The molecule has 0 saturated carbocycles. The summed E-state index contributed by atoms with van der Waals surface area (Å²) in [5.41, 5.74) is 3.39. The molecular weight excluding hydrogens is 458 g/mol. The molecule has 0 unspecified atom stereocenters. The van der Waals surface area contributed by atoms with E-state index < -0.39 is 0 Å². The maximum Gasteiger partial charge on any atom is 0.228 e. The highest BCUT2D eigenvalue weighted by Crippen LogP contribution is 2.33. The Bertz CT molecular complexity index is 993. The molecule has 0 aliphatic carbocycles. The van der Waals surface area contributed by atoms with Gasteiger partial charge in [0.2, 0.25) is 5.91 Å². The van der Waals surface area contributed by atoms with E-state index in [9.17, 15) is 4.79 Å². The number of aryl methyl sites for hydroxylation is 2. The van der Waals surface area contributed by atoms with Crippen LogP contribution in [-0.2, 0) is 4.79 Å². The monoisotopic (exact) mass is 489 g/mol. The number of carbonyl (C=O) groups is 1. The second kappa shape index (κ2) is 12.0. The van der Waals surface area contributed by atoms with Gasteiger partial charge in [-0.25, -0.2) is 4.98 Å². The van der Waals surface area contributed by atoms with Crippen LogP contribution in [0.4, 0.5) is 5.13 Å².